The number of hydrogen-bond acceptors (Lipinski definition) is 8. The first kappa shape index (κ1) is 28.9. The molecule has 0 aliphatic rings. The summed E-state index contributed by atoms with van der Waals surface area (Å²) < 4.78 is 6.15. The van der Waals surface area contributed by atoms with E-state index in [0.717, 1.165) is 17.1 Å². The van der Waals surface area contributed by atoms with E-state index < -0.39 is 18.3 Å². The molecule has 0 radical (unpaired) electrons. The SMILES string of the molecule is CC(O)CN(CCN(CC(C)O)CC(C)Oc1ccc(N(C)c2ccc(O)cc2)cc1)CC(C)O. The second-order valence-electron chi connectivity index (χ2n) is 9.56. The maximum Gasteiger partial charge on any atom is 0.119 e. The maximum absolute atomic E-state index is 9.98. The summed E-state index contributed by atoms with van der Waals surface area (Å²) in [4.78, 5) is 6.22. The third-order valence-electron chi connectivity index (χ3n) is 5.61. The molecule has 0 saturated heterocycles. The Morgan fingerprint density at radius 3 is 1.49 bits per heavy atom. The molecule has 8 nitrogen and oxygen atoms in total. The summed E-state index contributed by atoms with van der Waals surface area (Å²) in [5, 5.41) is 39.0. The molecule has 4 N–H and O–H groups in total. The summed E-state index contributed by atoms with van der Waals surface area (Å²) in [5.74, 6) is 1.00. The number of ether oxygens (including phenoxy) is 1. The van der Waals surface area contributed by atoms with E-state index in [4.69, 9.17) is 4.74 Å². The van der Waals surface area contributed by atoms with Crippen LogP contribution >= 0.6 is 0 Å². The molecule has 0 aliphatic carbocycles. The zero-order valence-corrected chi connectivity index (χ0v) is 21.7. The van der Waals surface area contributed by atoms with E-state index in [0.29, 0.717) is 39.3 Å². The van der Waals surface area contributed by atoms with Gasteiger partial charge in [-0.25, -0.2) is 0 Å². The predicted molar refractivity (Wildman–Crippen MR) is 141 cm³/mol. The molecular weight excluding hydrogens is 446 g/mol. The Balaban J connectivity index is 1.94. The third-order valence-corrected chi connectivity index (χ3v) is 5.61. The Morgan fingerprint density at radius 2 is 1.06 bits per heavy atom. The van der Waals surface area contributed by atoms with Gasteiger partial charge in [-0.3, -0.25) is 9.80 Å². The van der Waals surface area contributed by atoms with Gasteiger partial charge in [0.1, 0.15) is 17.6 Å². The van der Waals surface area contributed by atoms with Crippen LogP contribution in [0.2, 0.25) is 0 Å². The van der Waals surface area contributed by atoms with Crippen molar-refractivity contribution in [1.29, 1.82) is 0 Å². The first-order valence-electron chi connectivity index (χ1n) is 12.3. The van der Waals surface area contributed by atoms with Gasteiger partial charge in [0.15, 0.2) is 0 Å². The molecule has 0 amide bonds. The van der Waals surface area contributed by atoms with Crippen LogP contribution in [0.4, 0.5) is 11.4 Å². The molecule has 0 bridgehead atoms. The van der Waals surface area contributed by atoms with Crippen LogP contribution in [0.1, 0.15) is 27.7 Å². The number of benzene rings is 2. The highest BCUT2D eigenvalue weighted by Crippen LogP contribution is 2.27. The lowest BCUT2D eigenvalue weighted by molar-refractivity contribution is 0.0579. The Hall–Kier alpha value is -2.36. The number of anilines is 2. The third kappa shape index (κ3) is 10.8. The Bertz CT molecular complexity index is 833. The standard InChI is InChI=1S/C27H43N3O5/c1-20(31)16-29(17-21(2)32)14-15-30(18-22(3)33)19-23(4)35-27-12-8-25(9-13-27)28(5)24-6-10-26(34)11-7-24/h6-13,20-23,31-34H,14-19H2,1-5H3. The monoisotopic (exact) mass is 489 g/mol. The molecule has 4 unspecified atom stereocenters. The van der Waals surface area contributed by atoms with Crippen molar-refractivity contribution >= 4 is 11.4 Å². The van der Waals surface area contributed by atoms with Crippen LogP contribution in [-0.2, 0) is 0 Å². The topological polar surface area (TPSA) is 99.9 Å². The first-order chi connectivity index (χ1) is 16.5. The van der Waals surface area contributed by atoms with Gasteiger partial charge in [-0.1, -0.05) is 0 Å². The van der Waals surface area contributed by atoms with Crippen molar-refractivity contribution in [3.05, 3.63) is 48.5 Å². The van der Waals surface area contributed by atoms with Gasteiger partial charge in [0.25, 0.3) is 0 Å². The number of nitrogens with zero attached hydrogens (tertiary/aromatic N) is 3. The molecule has 35 heavy (non-hydrogen) atoms. The Morgan fingerprint density at radius 1 is 0.657 bits per heavy atom. The maximum atomic E-state index is 9.98. The van der Waals surface area contributed by atoms with Gasteiger partial charge in [-0.05, 0) is 76.2 Å². The van der Waals surface area contributed by atoms with Gasteiger partial charge in [-0.15, -0.1) is 0 Å². The number of aliphatic hydroxyl groups excluding tert-OH is 3. The lowest BCUT2D eigenvalue weighted by atomic mass is 10.2. The number of phenols is 1. The molecule has 4 atom stereocenters. The first-order valence-corrected chi connectivity index (χ1v) is 12.3. The van der Waals surface area contributed by atoms with E-state index in [1.165, 1.54) is 0 Å². The molecule has 2 aromatic carbocycles. The molecule has 0 saturated carbocycles. The highest BCUT2D eigenvalue weighted by molar-refractivity contribution is 5.63. The Labute approximate surface area is 210 Å². The predicted octanol–water partition coefficient (Wildman–Crippen LogP) is 2.67. The summed E-state index contributed by atoms with van der Waals surface area (Å²) in [6.07, 6.45) is -1.52. The molecule has 0 fully saturated rings. The number of rotatable bonds is 15. The van der Waals surface area contributed by atoms with Crippen LogP contribution in [0.3, 0.4) is 0 Å². The van der Waals surface area contributed by atoms with Gasteiger partial charge in [-0.2, -0.15) is 0 Å². The number of hydrogen-bond donors (Lipinski definition) is 4. The smallest absolute Gasteiger partial charge is 0.119 e. The van der Waals surface area contributed by atoms with Crippen LogP contribution in [0.15, 0.2) is 48.5 Å². The average Bonchev–Trinajstić information content (AvgIpc) is 2.76. The molecule has 8 heteroatoms. The van der Waals surface area contributed by atoms with Crippen LogP contribution in [0.5, 0.6) is 11.5 Å². The van der Waals surface area contributed by atoms with Gasteiger partial charge < -0.3 is 30.1 Å². The summed E-state index contributed by atoms with van der Waals surface area (Å²) in [5.41, 5.74) is 1.97. The minimum absolute atomic E-state index is 0.101. The molecule has 0 aromatic heterocycles. The summed E-state index contributed by atoms with van der Waals surface area (Å²) >= 11 is 0. The highest BCUT2D eigenvalue weighted by Gasteiger charge is 2.17. The van der Waals surface area contributed by atoms with Crippen LogP contribution in [-0.4, -0.2) is 101 Å². The minimum Gasteiger partial charge on any atom is -0.508 e. The molecule has 0 aliphatic heterocycles. The highest BCUT2D eigenvalue weighted by atomic mass is 16.5. The van der Waals surface area contributed by atoms with Gasteiger partial charge in [0, 0.05) is 57.7 Å². The second-order valence-corrected chi connectivity index (χ2v) is 9.56. The fourth-order valence-electron chi connectivity index (χ4n) is 4.12. The van der Waals surface area contributed by atoms with Crippen LogP contribution < -0.4 is 9.64 Å². The molecule has 196 valence electrons. The van der Waals surface area contributed by atoms with E-state index in [1.54, 1.807) is 32.9 Å². The van der Waals surface area contributed by atoms with Crippen molar-refractivity contribution in [2.45, 2.75) is 52.1 Å². The quantitative estimate of drug-likeness (QED) is 0.303. The van der Waals surface area contributed by atoms with Crippen LogP contribution in [0.25, 0.3) is 0 Å². The van der Waals surface area contributed by atoms with Crippen molar-refractivity contribution in [2.75, 3.05) is 51.2 Å². The van der Waals surface area contributed by atoms with E-state index in [-0.39, 0.29) is 11.9 Å². The largest absolute Gasteiger partial charge is 0.508 e. The average molecular weight is 490 g/mol. The van der Waals surface area contributed by atoms with Gasteiger partial charge in [0.05, 0.1) is 18.3 Å². The lowest BCUT2D eigenvalue weighted by Crippen LogP contribution is -2.45. The van der Waals surface area contributed by atoms with Crippen LogP contribution in [0, 0.1) is 0 Å². The van der Waals surface area contributed by atoms with Crippen molar-refractivity contribution in [3.63, 3.8) is 0 Å². The second kappa shape index (κ2) is 14.3. The minimum atomic E-state index is -0.475. The zero-order valence-electron chi connectivity index (χ0n) is 21.7. The van der Waals surface area contributed by atoms with E-state index in [2.05, 4.69) is 4.90 Å². The lowest BCUT2D eigenvalue weighted by Gasteiger charge is -2.31. The van der Waals surface area contributed by atoms with Crippen molar-refractivity contribution in [1.82, 2.24) is 9.80 Å². The van der Waals surface area contributed by atoms with E-state index in [9.17, 15) is 20.4 Å². The van der Waals surface area contributed by atoms with Gasteiger partial charge >= 0.3 is 0 Å². The summed E-state index contributed by atoms with van der Waals surface area (Å²) in [6.45, 7) is 10.8. The molecule has 2 aromatic rings. The van der Waals surface area contributed by atoms with Crippen molar-refractivity contribution < 1.29 is 25.2 Å². The Kier molecular flexibility index (Phi) is 11.8. The van der Waals surface area contributed by atoms with E-state index >= 15 is 0 Å². The van der Waals surface area contributed by atoms with Gasteiger partial charge in [0.2, 0.25) is 0 Å². The molecule has 0 spiro atoms. The summed E-state index contributed by atoms with van der Waals surface area (Å²) in [6, 6.07) is 14.9. The molecular formula is C27H43N3O5. The fraction of sp³-hybridized carbons (Fsp3) is 0.556. The van der Waals surface area contributed by atoms with Crippen molar-refractivity contribution in [2.24, 2.45) is 0 Å². The molecule has 2 rings (SSSR count). The number of phenolic OH excluding ortho intramolecular Hbond substituents is 1. The zero-order chi connectivity index (χ0) is 26.0. The number of aliphatic hydroxyl groups is 3. The van der Waals surface area contributed by atoms with Crippen molar-refractivity contribution in [3.8, 4) is 11.5 Å². The summed E-state index contributed by atoms with van der Waals surface area (Å²) in [7, 11) is 1.97. The van der Waals surface area contributed by atoms with E-state index in [1.807, 2.05) is 60.2 Å². The molecule has 0 heterocycles. The number of aromatic hydroxyl groups is 1. The normalized spacial score (nSPS) is 15.1. The fourth-order valence-corrected chi connectivity index (χ4v) is 4.12.